The molecule has 1 saturated heterocycles. The number of benzene rings is 1. The van der Waals surface area contributed by atoms with Gasteiger partial charge in [0.25, 0.3) is 0 Å². The Morgan fingerprint density at radius 3 is 2.86 bits per heavy atom. The smallest absolute Gasteiger partial charge is 0.235 e. The zero-order chi connectivity index (χ0) is 15.4. The third-order valence-electron chi connectivity index (χ3n) is 3.63. The van der Waals surface area contributed by atoms with E-state index in [0.29, 0.717) is 18.3 Å². The summed E-state index contributed by atoms with van der Waals surface area (Å²) in [5, 5.41) is 19.0. The Balaban J connectivity index is 1.82. The van der Waals surface area contributed by atoms with Crippen molar-refractivity contribution in [2.24, 2.45) is 0 Å². The van der Waals surface area contributed by atoms with Crippen molar-refractivity contribution in [3.63, 3.8) is 0 Å². The molecule has 3 rings (SSSR count). The van der Waals surface area contributed by atoms with E-state index >= 15 is 0 Å². The van der Waals surface area contributed by atoms with Crippen LogP contribution in [0.3, 0.4) is 0 Å². The van der Waals surface area contributed by atoms with Crippen molar-refractivity contribution in [3.8, 4) is 6.07 Å². The number of aliphatic hydroxyl groups excluding tert-OH is 1. The van der Waals surface area contributed by atoms with E-state index in [1.165, 1.54) is 0 Å². The standard InChI is InChI=1S/C17H17N3O2/c18-11-15-17(20-10-4-7-14(21)12-20)22-16(19-15)9-8-13-5-2-1-3-6-13/h1-3,5-6,8-9,14,21H,4,7,10,12H2/b9-8+/t14-/m1/s1. The number of hydrogen-bond donors (Lipinski definition) is 1. The first-order valence-corrected chi connectivity index (χ1v) is 7.33. The van der Waals surface area contributed by atoms with Gasteiger partial charge in [0.15, 0.2) is 0 Å². The summed E-state index contributed by atoms with van der Waals surface area (Å²) in [5.74, 6) is 0.851. The molecule has 112 valence electrons. The number of rotatable bonds is 3. The molecule has 0 bridgehead atoms. The van der Waals surface area contributed by atoms with Gasteiger partial charge in [0.2, 0.25) is 17.5 Å². The zero-order valence-electron chi connectivity index (χ0n) is 12.1. The van der Waals surface area contributed by atoms with E-state index in [-0.39, 0.29) is 11.8 Å². The largest absolute Gasteiger partial charge is 0.420 e. The lowest BCUT2D eigenvalue weighted by Gasteiger charge is -2.29. The van der Waals surface area contributed by atoms with E-state index in [0.717, 1.165) is 24.9 Å². The summed E-state index contributed by atoms with van der Waals surface area (Å²) in [5.41, 5.74) is 1.30. The highest BCUT2D eigenvalue weighted by Gasteiger charge is 2.24. The van der Waals surface area contributed by atoms with Gasteiger partial charge in [-0.05, 0) is 24.5 Å². The van der Waals surface area contributed by atoms with Crippen LogP contribution in [-0.2, 0) is 0 Å². The molecule has 0 saturated carbocycles. The summed E-state index contributed by atoms with van der Waals surface area (Å²) in [6.07, 6.45) is 4.92. The van der Waals surface area contributed by atoms with Gasteiger partial charge < -0.3 is 14.4 Å². The number of anilines is 1. The molecule has 1 aliphatic rings. The second-order valence-electron chi connectivity index (χ2n) is 5.30. The minimum Gasteiger partial charge on any atom is -0.420 e. The average molecular weight is 295 g/mol. The number of nitrogens with zero attached hydrogens (tertiary/aromatic N) is 3. The highest BCUT2D eigenvalue weighted by molar-refractivity contribution is 5.67. The summed E-state index contributed by atoms with van der Waals surface area (Å²) >= 11 is 0. The quantitative estimate of drug-likeness (QED) is 0.942. The Labute approximate surface area is 129 Å². The number of oxazole rings is 1. The van der Waals surface area contributed by atoms with Crippen molar-refractivity contribution < 1.29 is 9.52 Å². The van der Waals surface area contributed by atoms with Crippen LogP contribution < -0.4 is 4.90 Å². The van der Waals surface area contributed by atoms with Crippen LogP contribution in [0.25, 0.3) is 12.2 Å². The molecule has 1 atom stereocenters. The van der Waals surface area contributed by atoms with Crippen LogP contribution in [0.4, 0.5) is 5.88 Å². The zero-order valence-corrected chi connectivity index (χ0v) is 12.1. The predicted octanol–water partition coefficient (Wildman–Crippen LogP) is 2.68. The summed E-state index contributed by atoms with van der Waals surface area (Å²) in [4.78, 5) is 6.09. The number of piperidine rings is 1. The van der Waals surface area contributed by atoms with Gasteiger partial charge in [0.1, 0.15) is 6.07 Å². The van der Waals surface area contributed by atoms with Crippen molar-refractivity contribution >= 4 is 18.0 Å². The molecule has 0 amide bonds. The van der Waals surface area contributed by atoms with Crippen LogP contribution in [-0.4, -0.2) is 29.3 Å². The van der Waals surface area contributed by atoms with Crippen molar-refractivity contribution in [3.05, 3.63) is 47.5 Å². The number of hydrogen-bond acceptors (Lipinski definition) is 5. The number of aliphatic hydroxyl groups is 1. The van der Waals surface area contributed by atoms with Crippen molar-refractivity contribution in [2.45, 2.75) is 18.9 Å². The second-order valence-corrected chi connectivity index (χ2v) is 5.30. The maximum absolute atomic E-state index is 9.76. The molecule has 1 aromatic carbocycles. The van der Waals surface area contributed by atoms with Crippen molar-refractivity contribution in [2.75, 3.05) is 18.0 Å². The molecule has 5 nitrogen and oxygen atoms in total. The predicted molar refractivity (Wildman–Crippen MR) is 84.0 cm³/mol. The fraction of sp³-hybridized carbons (Fsp3) is 0.294. The molecule has 1 aromatic heterocycles. The summed E-state index contributed by atoms with van der Waals surface area (Å²) < 4.78 is 5.71. The van der Waals surface area contributed by atoms with E-state index in [1.54, 1.807) is 6.08 Å². The number of nitriles is 1. The third kappa shape index (κ3) is 3.18. The molecule has 22 heavy (non-hydrogen) atoms. The highest BCUT2D eigenvalue weighted by Crippen LogP contribution is 2.26. The van der Waals surface area contributed by atoms with Gasteiger partial charge in [-0.1, -0.05) is 30.3 Å². The Hall–Kier alpha value is -2.58. The maximum Gasteiger partial charge on any atom is 0.235 e. The first kappa shape index (κ1) is 14.4. The fourth-order valence-electron chi connectivity index (χ4n) is 2.56. The Morgan fingerprint density at radius 2 is 2.14 bits per heavy atom. The number of β-amino-alcohol motifs (C(OH)–C–C–N with tert-alkyl or cyclic N) is 1. The van der Waals surface area contributed by atoms with Gasteiger partial charge in [0, 0.05) is 19.2 Å². The van der Waals surface area contributed by atoms with Gasteiger partial charge in [-0.25, -0.2) is 0 Å². The molecule has 1 aliphatic heterocycles. The summed E-state index contributed by atoms with van der Waals surface area (Å²) in [7, 11) is 0. The lowest BCUT2D eigenvalue weighted by atomic mass is 10.1. The molecule has 1 N–H and O–H groups in total. The molecular weight excluding hydrogens is 278 g/mol. The van der Waals surface area contributed by atoms with Gasteiger partial charge in [-0.15, -0.1) is 0 Å². The Kier molecular flexibility index (Phi) is 4.22. The van der Waals surface area contributed by atoms with Crippen molar-refractivity contribution in [1.82, 2.24) is 4.98 Å². The molecule has 2 aromatic rings. The molecule has 2 heterocycles. The molecule has 0 aliphatic carbocycles. The summed E-state index contributed by atoms with van der Waals surface area (Å²) in [6.45, 7) is 1.24. The van der Waals surface area contributed by atoms with Gasteiger partial charge >= 0.3 is 0 Å². The van der Waals surface area contributed by atoms with Gasteiger partial charge in [-0.3, -0.25) is 0 Å². The lowest BCUT2D eigenvalue weighted by molar-refractivity contribution is 0.152. The minimum atomic E-state index is -0.381. The lowest BCUT2D eigenvalue weighted by Crippen LogP contribution is -2.38. The van der Waals surface area contributed by atoms with E-state index in [1.807, 2.05) is 41.3 Å². The van der Waals surface area contributed by atoms with E-state index < -0.39 is 0 Å². The maximum atomic E-state index is 9.76. The molecule has 0 spiro atoms. The summed E-state index contributed by atoms with van der Waals surface area (Å²) in [6, 6.07) is 11.9. The van der Waals surface area contributed by atoms with Crippen LogP contribution in [0, 0.1) is 11.3 Å². The van der Waals surface area contributed by atoms with Gasteiger partial charge in [0.05, 0.1) is 6.10 Å². The van der Waals surface area contributed by atoms with E-state index in [4.69, 9.17) is 4.42 Å². The Morgan fingerprint density at radius 1 is 1.32 bits per heavy atom. The molecule has 0 radical (unpaired) electrons. The fourth-order valence-corrected chi connectivity index (χ4v) is 2.56. The van der Waals surface area contributed by atoms with Gasteiger partial charge in [-0.2, -0.15) is 10.2 Å². The van der Waals surface area contributed by atoms with Crippen LogP contribution in [0.15, 0.2) is 34.7 Å². The highest BCUT2D eigenvalue weighted by atomic mass is 16.4. The SMILES string of the molecule is N#Cc1nc(/C=C/c2ccccc2)oc1N1CCC[C@@H](O)C1. The van der Waals surface area contributed by atoms with Crippen LogP contribution in [0.1, 0.15) is 30.0 Å². The van der Waals surface area contributed by atoms with Crippen molar-refractivity contribution in [1.29, 1.82) is 5.26 Å². The second kappa shape index (κ2) is 6.46. The molecule has 0 unspecified atom stereocenters. The topological polar surface area (TPSA) is 73.3 Å². The third-order valence-corrected chi connectivity index (χ3v) is 3.63. The minimum absolute atomic E-state index is 0.266. The number of aromatic nitrogens is 1. The molecular formula is C17H17N3O2. The Bertz CT molecular complexity index is 700. The van der Waals surface area contributed by atoms with Crippen LogP contribution >= 0.6 is 0 Å². The average Bonchev–Trinajstić information content (AvgIpc) is 2.97. The first-order valence-electron chi connectivity index (χ1n) is 7.33. The first-order chi connectivity index (χ1) is 10.8. The van der Waals surface area contributed by atoms with E-state index in [2.05, 4.69) is 11.1 Å². The van der Waals surface area contributed by atoms with Crippen LogP contribution in [0.2, 0.25) is 0 Å². The molecule has 1 fully saturated rings. The monoisotopic (exact) mass is 295 g/mol. The van der Waals surface area contributed by atoms with Crippen LogP contribution in [0.5, 0.6) is 0 Å². The van der Waals surface area contributed by atoms with E-state index in [9.17, 15) is 10.4 Å². The normalized spacial score (nSPS) is 18.5. The molecule has 5 heteroatoms.